The van der Waals surface area contributed by atoms with Gasteiger partial charge in [-0.05, 0) is 42.7 Å². The van der Waals surface area contributed by atoms with Gasteiger partial charge in [0.05, 0.1) is 10.4 Å². The second kappa shape index (κ2) is 7.86. The zero-order valence-electron chi connectivity index (χ0n) is 15.7. The summed E-state index contributed by atoms with van der Waals surface area (Å²) in [6.07, 6.45) is 4.56. The Kier molecular flexibility index (Phi) is 6.30. The van der Waals surface area contributed by atoms with Crippen LogP contribution >= 0.6 is 11.6 Å². The van der Waals surface area contributed by atoms with E-state index < -0.39 is 5.41 Å². The fourth-order valence-electron chi connectivity index (χ4n) is 3.54. The standard InChI is InChI=1S/C20H31ClN2O/c1-14(2)16-8-10-23(11-9-16)19(24)20(5,15(3)4)12-18-7-6-17(21)13-22-18/h6-7,13-16H,8-12H2,1-5H3. The van der Waals surface area contributed by atoms with Crippen LogP contribution in [0.15, 0.2) is 18.3 Å². The molecule has 2 rings (SSSR count). The van der Waals surface area contributed by atoms with E-state index in [1.54, 1.807) is 6.20 Å². The van der Waals surface area contributed by atoms with Crippen molar-refractivity contribution < 1.29 is 4.79 Å². The van der Waals surface area contributed by atoms with Crippen molar-refractivity contribution in [3.8, 4) is 0 Å². The number of hydrogen-bond acceptors (Lipinski definition) is 2. The van der Waals surface area contributed by atoms with Crippen LogP contribution in [0.25, 0.3) is 0 Å². The molecule has 1 saturated heterocycles. The number of rotatable bonds is 5. The summed E-state index contributed by atoms with van der Waals surface area (Å²) in [7, 11) is 0. The third kappa shape index (κ3) is 4.30. The summed E-state index contributed by atoms with van der Waals surface area (Å²) in [5, 5.41) is 0.632. The van der Waals surface area contributed by atoms with E-state index in [4.69, 9.17) is 11.6 Å². The quantitative estimate of drug-likeness (QED) is 0.761. The molecule has 1 unspecified atom stereocenters. The Morgan fingerprint density at radius 2 is 1.92 bits per heavy atom. The number of nitrogens with zero attached hydrogens (tertiary/aromatic N) is 2. The lowest BCUT2D eigenvalue weighted by molar-refractivity contribution is -0.145. The van der Waals surface area contributed by atoms with Crippen LogP contribution in [0.3, 0.4) is 0 Å². The third-order valence-electron chi connectivity index (χ3n) is 5.87. The van der Waals surface area contributed by atoms with Crippen LogP contribution in [0.4, 0.5) is 0 Å². The Balaban J connectivity index is 2.11. The van der Waals surface area contributed by atoms with Crippen LogP contribution in [0.1, 0.15) is 53.2 Å². The summed E-state index contributed by atoms with van der Waals surface area (Å²) in [6, 6.07) is 3.78. The first kappa shape index (κ1) is 19.2. The topological polar surface area (TPSA) is 33.2 Å². The highest BCUT2D eigenvalue weighted by Gasteiger charge is 2.41. The van der Waals surface area contributed by atoms with Gasteiger partial charge in [-0.3, -0.25) is 9.78 Å². The molecule has 3 nitrogen and oxygen atoms in total. The maximum Gasteiger partial charge on any atom is 0.229 e. The predicted molar refractivity (Wildman–Crippen MR) is 100 cm³/mol. The predicted octanol–water partition coefficient (Wildman–Crippen LogP) is 4.83. The minimum absolute atomic E-state index is 0.255. The van der Waals surface area contributed by atoms with Gasteiger partial charge in [0.15, 0.2) is 0 Å². The van der Waals surface area contributed by atoms with Crippen molar-refractivity contribution >= 4 is 17.5 Å². The highest BCUT2D eigenvalue weighted by molar-refractivity contribution is 6.30. The molecular weight excluding hydrogens is 320 g/mol. The second-order valence-corrected chi connectivity index (χ2v) is 8.53. The molecule has 1 fully saturated rings. The average Bonchev–Trinajstić information content (AvgIpc) is 2.56. The zero-order chi connectivity index (χ0) is 17.9. The molecule has 1 aliphatic rings. The van der Waals surface area contributed by atoms with E-state index in [1.807, 2.05) is 12.1 Å². The molecule has 0 bridgehead atoms. The van der Waals surface area contributed by atoms with E-state index in [1.165, 1.54) is 0 Å². The van der Waals surface area contributed by atoms with Crippen molar-refractivity contribution in [1.29, 1.82) is 0 Å². The largest absolute Gasteiger partial charge is 0.342 e. The fraction of sp³-hybridized carbons (Fsp3) is 0.700. The minimum atomic E-state index is -0.425. The number of hydrogen-bond donors (Lipinski definition) is 0. The highest BCUT2D eigenvalue weighted by Crippen LogP contribution is 2.35. The van der Waals surface area contributed by atoms with Gasteiger partial charge < -0.3 is 4.90 Å². The van der Waals surface area contributed by atoms with Crippen LogP contribution in [-0.4, -0.2) is 28.9 Å². The Morgan fingerprint density at radius 3 is 2.38 bits per heavy atom. The molecule has 134 valence electrons. The van der Waals surface area contributed by atoms with Crippen molar-refractivity contribution in [2.45, 2.75) is 53.9 Å². The van der Waals surface area contributed by atoms with Crippen molar-refractivity contribution in [1.82, 2.24) is 9.88 Å². The number of carbonyl (C=O) groups is 1. The number of pyridine rings is 1. The van der Waals surface area contributed by atoms with Crippen molar-refractivity contribution in [3.05, 3.63) is 29.0 Å². The molecule has 1 aliphatic heterocycles. The van der Waals surface area contributed by atoms with Gasteiger partial charge in [0.25, 0.3) is 0 Å². The van der Waals surface area contributed by atoms with Gasteiger partial charge >= 0.3 is 0 Å². The van der Waals surface area contributed by atoms with Gasteiger partial charge in [-0.2, -0.15) is 0 Å². The molecule has 1 aromatic rings. The normalized spacial score (nSPS) is 18.9. The average molecular weight is 351 g/mol. The number of aromatic nitrogens is 1. The molecular formula is C20H31ClN2O. The van der Waals surface area contributed by atoms with Gasteiger partial charge in [0.2, 0.25) is 5.91 Å². The van der Waals surface area contributed by atoms with Gasteiger partial charge in [-0.25, -0.2) is 0 Å². The molecule has 2 heterocycles. The lowest BCUT2D eigenvalue weighted by atomic mass is 9.73. The first-order valence-electron chi connectivity index (χ1n) is 9.14. The van der Waals surface area contributed by atoms with E-state index in [2.05, 4.69) is 44.5 Å². The Morgan fingerprint density at radius 1 is 1.29 bits per heavy atom. The van der Waals surface area contributed by atoms with E-state index in [0.29, 0.717) is 17.4 Å². The Hall–Kier alpha value is -1.09. The van der Waals surface area contributed by atoms with E-state index in [-0.39, 0.29) is 11.8 Å². The molecule has 24 heavy (non-hydrogen) atoms. The van der Waals surface area contributed by atoms with Crippen LogP contribution in [0, 0.1) is 23.2 Å². The smallest absolute Gasteiger partial charge is 0.229 e. The summed E-state index contributed by atoms with van der Waals surface area (Å²) in [5.74, 6) is 1.98. The van der Waals surface area contributed by atoms with E-state index in [0.717, 1.165) is 37.5 Å². The lowest BCUT2D eigenvalue weighted by Gasteiger charge is -2.41. The first-order chi connectivity index (χ1) is 11.2. The number of likely N-dealkylation sites (tertiary alicyclic amines) is 1. The van der Waals surface area contributed by atoms with Gasteiger partial charge in [-0.1, -0.05) is 46.2 Å². The summed E-state index contributed by atoms with van der Waals surface area (Å²) in [4.78, 5) is 19.8. The van der Waals surface area contributed by atoms with Crippen LogP contribution in [0.5, 0.6) is 0 Å². The maximum atomic E-state index is 13.3. The zero-order valence-corrected chi connectivity index (χ0v) is 16.4. The lowest BCUT2D eigenvalue weighted by Crippen LogP contribution is -2.49. The second-order valence-electron chi connectivity index (χ2n) is 8.09. The third-order valence-corrected chi connectivity index (χ3v) is 6.09. The molecule has 1 aromatic heterocycles. The summed E-state index contributed by atoms with van der Waals surface area (Å²) >= 11 is 5.93. The summed E-state index contributed by atoms with van der Waals surface area (Å²) < 4.78 is 0. The van der Waals surface area contributed by atoms with Gasteiger partial charge in [0.1, 0.15) is 0 Å². The van der Waals surface area contributed by atoms with Crippen molar-refractivity contribution in [2.75, 3.05) is 13.1 Å². The van der Waals surface area contributed by atoms with Crippen LogP contribution < -0.4 is 0 Å². The molecule has 0 spiro atoms. The highest BCUT2D eigenvalue weighted by atomic mass is 35.5. The van der Waals surface area contributed by atoms with Gasteiger partial charge in [-0.15, -0.1) is 0 Å². The molecule has 1 amide bonds. The Labute approximate surface area is 151 Å². The SMILES string of the molecule is CC(C)C1CCN(C(=O)C(C)(Cc2ccc(Cl)cn2)C(C)C)CC1. The molecule has 0 aromatic carbocycles. The molecule has 1 atom stereocenters. The number of carbonyl (C=O) groups excluding carboxylic acids is 1. The van der Waals surface area contributed by atoms with E-state index >= 15 is 0 Å². The molecule has 4 heteroatoms. The number of piperidine rings is 1. The minimum Gasteiger partial charge on any atom is -0.342 e. The van der Waals surface area contributed by atoms with Crippen molar-refractivity contribution in [2.24, 2.45) is 23.2 Å². The van der Waals surface area contributed by atoms with Crippen molar-refractivity contribution in [3.63, 3.8) is 0 Å². The number of amides is 1. The Bertz CT molecular complexity index is 547. The summed E-state index contributed by atoms with van der Waals surface area (Å²) in [5.41, 5.74) is 0.506. The maximum absolute atomic E-state index is 13.3. The van der Waals surface area contributed by atoms with E-state index in [9.17, 15) is 4.79 Å². The molecule has 0 radical (unpaired) electrons. The van der Waals surface area contributed by atoms with Crippen LogP contribution in [0.2, 0.25) is 5.02 Å². The monoisotopic (exact) mass is 350 g/mol. The molecule has 0 saturated carbocycles. The first-order valence-corrected chi connectivity index (χ1v) is 9.51. The molecule has 0 aliphatic carbocycles. The summed E-state index contributed by atoms with van der Waals surface area (Å²) in [6.45, 7) is 12.7. The fourth-order valence-corrected chi connectivity index (χ4v) is 3.66. The molecule has 0 N–H and O–H groups in total. The number of halogens is 1. The van der Waals surface area contributed by atoms with Gasteiger partial charge in [0, 0.05) is 31.4 Å². The van der Waals surface area contributed by atoms with Crippen LogP contribution in [-0.2, 0) is 11.2 Å².